The Balaban J connectivity index is 2.85. The van der Waals surface area contributed by atoms with Crippen molar-refractivity contribution in [2.75, 3.05) is 0 Å². The predicted molar refractivity (Wildman–Crippen MR) is 63.4 cm³/mol. The molecule has 0 saturated heterocycles. The van der Waals surface area contributed by atoms with Gasteiger partial charge in [0.2, 0.25) is 0 Å². The zero-order valence-corrected chi connectivity index (χ0v) is 9.90. The topological polar surface area (TPSA) is 0 Å². The van der Waals surface area contributed by atoms with E-state index in [1.807, 2.05) is 0 Å². The van der Waals surface area contributed by atoms with Crippen LogP contribution in [0.15, 0.2) is 30.3 Å². The second-order valence-electron chi connectivity index (χ2n) is 3.64. The SMILES string of the molecule is CCC(=[SiH]c1ccccc1)C(C)C. The average molecular weight is 190 g/mol. The van der Waals surface area contributed by atoms with Gasteiger partial charge in [-0.05, 0) is 17.5 Å². The molecule has 0 heterocycles. The van der Waals surface area contributed by atoms with Crippen LogP contribution in [-0.4, -0.2) is 14.3 Å². The van der Waals surface area contributed by atoms with Crippen LogP contribution >= 0.6 is 0 Å². The molecule has 1 rings (SSSR count). The van der Waals surface area contributed by atoms with E-state index in [2.05, 4.69) is 51.1 Å². The normalized spacial score (nSPS) is 12.2. The third kappa shape index (κ3) is 3.27. The maximum absolute atomic E-state index is 2.30. The summed E-state index contributed by atoms with van der Waals surface area (Å²) in [5.74, 6) is 0.750. The number of hydrogen-bond donors (Lipinski definition) is 0. The lowest BCUT2D eigenvalue weighted by molar-refractivity contribution is 0.876. The van der Waals surface area contributed by atoms with Gasteiger partial charge in [0.25, 0.3) is 0 Å². The van der Waals surface area contributed by atoms with Crippen LogP contribution in [0.4, 0.5) is 0 Å². The molecular weight excluding hydrogens is 172 g/mol. The molecule has 0 aliphatic carbocycles. The van der Waals surface area contributed by atoms with Gasteiger partial charge in [0, 0.05) is 9.13 Å². The fourth-order valence-corrected chi connectivity index (χ4v) is 2.82. The molecule has 1 heteroatoms. The van der Waals surface area contributed by atoms with Gasteiger partial charge < -0.3 is 0 Å². The van der Waals surface area contributed by atoms with E-state index in [4.69, 9.17) is 0 Å². The molecule has 0 aliphatic heterocycles. The molecule has 0 nitrogen and oxygen atoms in total. The lowest BCUT2D eigenvalue weighted by Gasteiger charge is -2.08. The predicted octanol–water partition coefficient (Wildman–Crippen LogP) is 1.99. The molecular formula is C12H18Si. The molecule has 0 aliphatic rings. The minimum Gasteiger partial charge on any atom is -0.0854 e. The molecule has 1 aromatic carbocycles. The summed E-state index contributed by atoms with van der Waals surface area (Å²) in [5, 5.41) is 3.25. The highest BCUT2D eigenvalue weighted by molar-refractivity contribution is 6.66. The maximum atomic E-state index is 2.30. The fraction of sp³-hybridized carbons (Fsp3) is 0.417. The minimum absolute atomic E-state index is 0.382. The van der Waals surface area contributed by atoms with Crippen LogP contribution in [0.25, 0.3) is 0 Å². The summed E-state index contributed by atoms with van der Waals surface area (Å²) >= 11 is 0. The molecule has 13 heavy (non-hydrogen) atoms. The summed E-state index contributed by atoms with van der Waals surface area (Å²) in [5.41, 5.74) is 0. The second kappa shape index (κ2) is 5.13. The maximum Gasteiger partial charge on any atom is 0.0287 e. The zero-order chi connectivity index (χ0) is 9.68. The van der Waals surface area contributed by atoms with Gasteiger partial charge in [-0.15, -0.1) is 0 Å². The van der Waals surface area contributed by atoms with Gasteiger partial charge in [0.1, 0.15) is 0 Å². The van der Waals surface area contributed by atoms with E-state index in [1.165, 1.54) is 11.6 Å². The van der Waals surface area contributed by atoms with Crippen LogP contribution in [0.5, 0.6) is 0 Å². The molecule has 0 spiro atoms. The van der Waals surface area contributed by atoms with Crippen molar-refractivity contribution < 1.29 is 0 Å². The Labute approximate surface area is 83.4 Å². The first kappa shape index (κ1) is 10.4. The van der Waals surface area contributed by atoms with Crippen molar-refractivity contribution in [1.29, 1.82) is 0 Å². The lowest BCUT2D eigenvalue weighted by Crippen LogP contribution is -2.19. The molecule has 70 valence electrons. The van der Waals surface area contributed by atoms with Crippen molar-refractivity contribution >= 4 is 19.5 Å². The Morgan fingerprint density at radius 3 is 2.31 bits per heavy atom. The summed E-state index contributed by atoms with van der Waals surface area (Å²) in [4.78, 5) is 0. The smallest absolute Gasteiger partial charge is 0.0287 e. The molecule has 0 amide bonds. The highest BCUT2D eigenvalue weighted by atomic mass is 28.2. The van der Waals surface area contributed by atoms with Gasteiger partial charge in [-0.1, -0.05) is 56.3 Å². The molecule has 0 atom stereocenters. The van der Waals surface area contributed by atoms with Crippen molar-refractivity contribution in [3.8, 4) is 0 Å². The molecule has 0 aromatic heterocycles. The summed E-state index contributed by atoms with van der Waals surface area (Å²) in [6.45, 7) is 6.87. The van der Waals surface area contributed by atoms with E-state index in [0.717, 1.165) is 5.92 Å². The largest absolute Gasteiger partial charge is 0.0854 e. The summed E-state index contributed by atoms with van der Waals surface area (Å²) in [6, 6.07) is 10.8. The van der Waals surface area contributed by atoms with Crippen molar-refractivity contribution in [3.63, 3.8) is 0 Å². The molecule has 0 saturated carbocycles. The number of benzene rings is 1. The van der Waals surface area contributed by atoms with Crippen LogP contribution in [0.3, 0.4) is 0 Å². The van der Waals surface area contributed by atoms with Crippen LogP contribution in [0.1, 0.15) is 27.2 Å². The van der Waals surface area contributed by atoms with Gasteiger partial charge in [-0.2, -0.15) is 0 Å². The van der Waals surface area contributed by atoms with E-state index < -0.39 is 0 Å². The van der Waals surface area contributed by atoms with E-state index in [1.54, 1.807) is 5.17 Å². The average Bonchev–Trinajstić information content (AvgIpc) is 2.15. The Morgan fingerprint density at radius 1 is 1.23 bits per heavy atom. The first-order valence-corrected chi connectivity index (χ1v) is 6.15. The van der Waals surface area contributed by atoms with Crippen LogP contribution in [0, 0.1) is 5.92 Å². The first-order chi connectivity index (χ1) is 6.24. The molecule has 0 unspecified atom stereocenters. The third-order valence-electron chi connectivity index (χ3n) is 2.30. The highest BCUT2D eigenvalue weighted by Gasteiger charge is 1.99. The van der Waals surface area contributed by atoms with Crippen LogP contribution in [0.2, 0.25) is 0 Å². The quantitative estimate of drug-likeness (QED) is 0.640. The van der Waals surface area contributed by atoms with Crippen molar-refractivity contribution in [2.24, 2.45) is 5.92 Å². The Bertz CT molecular complexity index is 272. The molecule has 0 bridgehead atoms. The van der Waals surface area contributed by atoms with Crippen LogP contribution < -0.4 is 5.19 Å². The second-order valence-corrected chi connectivity index (χ2v) is 5.34. The van der Waals surface area contributed by atoms with Gasteiger partial charge in [0.05, 0.1) is 0 Å². The summed E-state index contributed by atoms with van der Waals surface area (Å²) < 4.78 is 0. The van der Waals surface area contributed by atoms with Crippen molar-refractivity contribution in [2.45, 2.75) is 27.2 Å². The monoisotopic (exact) mass is 190 g/mol. The molecule has 0 fully saturated rings. The Morgan fingerprint density at radius 2 is 1.85 bits per heavy atom. The van der Waals surface area contributed by atoms with Gasteiger partial charge in [0.15, 0.2) is 0 Å². The molecule has 0 radical (unpaired) electrons. The third-order valence-corrected chi connectivity index (χ3v) is 4.47. The van der Waals surface area contributed by atoms with E-state index in [-0.39, 0.29) is 0 Å². The van der Waals surface area contributed by atoms with Gasteiger partial charge >= 0.3 is 0 Å². The van der Waals surface area contributed by atoms with Crippen molar-refractivity contribution in [1.82, 2.24) is 0 Å². The fourth-order valence-electron chi connectivity index (χ4n) is 1.44. The molecule has 1 aromatic rings. The summed E-state index contributed by atoms with van der Waals surface area (Å²) in [7, 11) is 0.382. The van der Waals surface area contributed by atoms with E-state index in [0.29, 0.717) is 9.13 Å². The van der Waals surface area contributed by atoms with Crippen LogP contribution in [-0.2, 0) is 0 Å². The molecule has 0 N–H and O–H groups in total. The Kier molecular flexibility index (Phi) is 4.10. The number of rotatable bonds is 3. The van der Waals surface area contributed by atoms with Crippen molar-refractivity contribution in [3.05, 3.63) is 30.3 Å². The van der Waals surface area contributed by atoms with Gasteiger partial charge in [-0.25, -0.2) is 0 Å². The highest BCUT2D eigenvalue weighted by Crippen LogP contribution is 1.97. The summed E-state index contributed by atoms with van der Waals surface area (Å²) in [6.07, 6.45) is 1.24. The lowest BCUT2D eigenvalue weighted by atomic mass is 10.1. The van der Waals surface area contributed by atoms with Gasteiger partial charge in [-0.3, -0.25) is 0 Å². The van der Waals surface area contributed by atoms with E-state index in [9.17, 15) is 0 Å². The number of hydrogen-bond acceptors (Lipinski definition) is 0. The first-order valence-electron chi connectivity index (χ1n) is 4.99. The Hall–Kier alpha value is -0.693. The standard InChI is InChI=1S/C12H18Si/c1-4-12(10(2)3)13-11-8-6-5-7-9-11/h5-10,13H,4H2,1-3H3. The minimum atomic E-state index is 0.382. The zero-order valence-electron chi connectivity index (χ0n) is 8.75. The van der Waals surface area contributed by atoms with E-state index >= 15 is 0 Å².